The maximum absolute atomic E-state index is 12.3. The van der Waals surface area contributed by atoms with Crippen molar-refractivity contribution in [2.24, 2.45) is 14.1 Å². The van der Waals surface area contributed by atoms with E-state index in [1.165, 1.54) is 24.7 Å². The molecule has 1 aromatic carbocycles. The van der Waals surface area contributed by atoms with E-state index in [0.717, 1.165) is 10.1 Å². The van der Waals surface area contributed by atoms with Crippen LogP contribution in [-0.4, -0.2) is 41.2 Å². The number of benzene rings is 1. The highest BCUT2D eigenvalue weighted by Gasteiger charge is 2.16. The first kappa shape index (κ1) is 23.7. The fraction of sp³-hybridized carbons (Fsp3) is 0.429. The first-order valence-electron chi connectivity index (χ1n) is 9.71. The lowest BCUT2D eigenvalue weighted by Gasteiger charge is -2.15. The van der Waals surface area contributed by atoms with Crippen LogP contribution in [0, 0.1) is 0 Å². The van der Waals surface area contributed by atoms with E-state index in [0.29, 0.717) is 23.6 Å². The summed E-state index contributed by atoms with van der Waals surface area (Å²) < 4.78 is 12.7. The summed E-state index contributed by atoms with van der Waals surface area (Å²) in [6.07, 6.45) is 0.659. The monoisotopic (exact) mass is 432 g/mol. The first-order chi connectivity index (χ1) is 14.7. The molecule has 0 radical (unpaired) electrons. The summed E-state index contributed by atoms with van der Waals surface area (Å²) in [5.41, 5.74) is 0.335. The number of carbonyl (C=O) groups is 2. The van der Waals surface area contributed by atoms with Gasteiger partial charge < -0.3 is 20.1 Å². The van der Waals surface area contributed by atoms with Gasteiger partial charge in [-0.15, -0.1) is 0 Å². The molecule has 0 bridgehead atoms. The molecule has 1 heterocycles. The van der Waals surface area contributed by atoms with Gasteiger partial charge in [0.15, 0.2) is 11.5 Å². The van der Waals surface area contributed by atoms with Gasteiger partial charge in [-0.05, 0) is 31.0 Å². The quantitative estimate of drug-likeness (QED) is 0.569. The van der Waals surface area contributed by atoms with Gasteiger partial charge >= 0.3 is 5.69 Å². The van der Waals surface area contributed by atoms with Crippen LogP contribution in [0.3, 0.4) is 0 Å². The Balaban J connectivity index is 1.88. The maximum atomic E-state index is 12.3. The summed E-state index contributed by atoms with van der Waals surface area (Å²) in [5.74, 6) is 0.485. The summed E-state index contributed by atoms with van der Waals surface area (Å²) in [6, 6.07) is 5.93. The smallest absolute Gasteiger partial charge is 0.330 e. The Morgan fingerprint density at radius 3 is 2.35 bits per heavy atom. The van der Waals surface area contributed by atoms with Crippen LogP contribution >= 0.6 is 0 Å². The number of methoxy groups -OCH3 is 2. The van der Waals surface area contributed by atoms with E-state index in [9.17, 15) is 19.2 Å². The van der Waals surface area contributed by atoms with Gasteiger partial charge in [-0.25, -0.2) is 4.79 Å². The van der Waals surface area contributed by atoms with E-state index >= 15 is 0 Å². The molecule has 0 spiro atoms. The lowest BCUT2D eigenvalue weighted by molar-refractivity contribution is -0.128. The van der Waals surface area contributed by atoms with Gasteiger partial charge in [0.25, 0.3) is 5.56 Å². The SMILES string of the molecule is COc1ccc(CCC(=O)N[C@@H](C)C(=O)NCc2cc(=O)n(C)c(=O)n2C)cc1OC. The molecule has 0 aliphatic carbocycles. The Morgan fingerprint density at radius 2 is 1.71 bits per heavy atom. The second-order valence-corrected chi connectivity index (χ2v) is 7.07. The van der Waals surface area contributed by atoms with E-state index < -0.39 is 23.2 Å². The van der Waals surface area contributed by atoms with E-state index in [1.807, 2.05) is 6.07 Å². The normalized spacial score (nSPS) is 11.5. The molecular weight excluding hydrogens is 404 g/mol. The third-order valence-electron chi connectivity index (χ3n) is 4.93. The Morgan fingerprint density at radius 1 is 1.03 bits per heavy atom. The molecule has 2 aromatic rings. The first-order valence-corrected chi connectivity index (χ1v) is 9.71. The standard InChI is InChI=1S/C21H28N4O6/c1-13(20(28)22-12-15-11-19(27)25(3)21(29)24(15)2)23-18(26)9-7-14-6-8-16(30-4)17(10-14)31-5/h6,8,10-11,13H,7,9,12H2,1-5H3,(H,22,28)(H,23,26)/t13-/m0/s1. The predicted octanol–water partition coefficient (Wildman–Crippen LogP) is -0.145. The Labute approximate surface area is 179 Å². The fourth-order valence-corrected chi connectivity index (χ4v) is 2.95. The molecule has 1 aromatic heterocycles. The summed E-state index contributed by atoms with van der Waals surface area (Å²) in [7, 11) is 5.99. The minimum absolute atomic E-state index is 0.00743. The van der Waals surface area contributed by atoms with Gasteiger partial charge in [0.2, 0.25) is 11.8 Å². The van der Waals surface area contributed by atoms with E-state index in [4.69, 9.17) is 9.47 Å². The van der Waals surface area contributed by atoms with Crippen molar-refractivity contribution >= 4 is 11.8 Å². The highest BCUT2D eigenvalue weighted by Crippen LogP contribution is 2.27. The molecule has 0 saturated carbocycles. The average Bonchev–Trinajstić information content (AvgIpc) is 2.77. The number of rotatable bonds is 9. The summed E-state index contributed by atoms with van der Waals surface area (Å²) in [6.45, 7) is 1.55. The van der Waals surface area contributed by atoms with Crippen molar-refractivity contribution in [1.29, 1.82) is 0 Å². The van der Waals surface area contributed by atoms with Gasteiger partial charge in [0, 0.05) is 32.3 Å². The summed E-state index contributed by atoms with van der Waals surface area (Å²) in [4.78, 5) is 48.2. The van der Waals surface area contributed by atoms with Crippen molar-refractivity contribution in [2.75, 3.05) is 14.2 Å². The number of nitrogens with zero attached hydrogens (tertiary/aromatic N) is 2. The molecule has 2 N–H and O–H groups in total. The molecular formula is C21H28N4O6. The lowest BCUT2D eigenvalue weighted by Crippen LogP contribution is -2.45. The van der Waals surface area contributed by atoms with Crippen LogP contribution in [-0.2, 0) is 36.6 Å². The second kappa shape index (κ2) is 10.5. The number of aromatic nitrogens is 2. The number of hydrogen-bond donors (Lipinski definition) is 2. The third kappa shape index (κ3) is 5.97. The highest BCUT2D eigenvalue weighted by atomic mass is 16.5. The largest absolute Gasteiger partial charge is 0.493 e. The second-order valence-electron chi connectivity index (χ2n) is 7.07. The van der Waals surface area contributed by atoms with Crippen LogP contribution in [0.2, 0.25) is 0 Å². The Bertz CT molecular complexity index is 1070. The Hall–Kier alpha value is -3.56. The zero-order valence-electron chi connectivity index (χ0n) is 18.4. The minimum atomic E-state index is -0.776. The molecule has 0 aliphatic heterocycles. The number of ether oxygens (including phenoxy) is 2. The van der Waals surface area contributed by atoms with Crippen LogP contribution in [0.25, 0.3) is 0 Å². The number of nitrogens with one attached hydrogen (secondary N) is 2. The molecule has 31 heavy (non-hydrogen) atoms. The Kier molecular flexibility index (Phi) is 8.00. The van der Waals surface area contributed by atoms with Crippen molar-refractivity contribution in [2.45, 2.75) is 32.4 Å². The van der Waals surface area contributed by atoms with Crippen LogP contribution in [0.1, 0.15) is 24.6 Å². The van der Waals surface area contributed by atoms with E-state index in [1.54, 1.807) is 33.3 Å². The third-order valence-corrected chi connectivity index (χ3v) is 4.93. The molecule has 10 heteroatoms. The fourth-order valence-electron chi connectivity index (χ4n) is 2.95. The zero-order chi connectivity index (χ0) is 23.1. The average molecular weight is 432 g/mol. The predicted molar refractivity (Wildman–Crippen MR) is 114 cm³/mol. The van der Waals surface area contributed by atoms with E-state index in [-0.39, 0.29) is 18.9 Å². The maximum Gasteiger partial charge on any atom is 0.330 e. The molecule has 1 atom stereocenters. The van der Waals surface area contributed by atoms with Crippen molar-refractivity contribution in [3.05, 3.63) is 56.4 Å². The van der Waals surface area contributed by atoms with Crippen molar-refractivity contribution < 1.29 is 19.1 Å². The van der Waals surface area contributed by atoms with Gasteiger partial charge in [-0.2, -0.15) is 0 Å². The van der Waals surface area contributed by atoms with Gasteiger partial charge in [-0.3, -0.25) is 23.5 Å². The summed E-state index contributed by atoms with van der Waals surface area (Å²) in [5, 5.41) is 5.27. The van der Waals surface area contributed by atoms with E-state index in [2.05, 4.69) is 10.6 Å². The number of aryl methyl sites for hydroxylation is 1. The molecule has 0 saturated heterocycles. The van der Waals surface area contributed by atoms with Crippen LogP contribution in [0.5, 0.6) is 11.5 Å². The number of amides is 2. The molecule has 168 valence electrons. The van der Waals surface area contributed by atoms with Gasteiger partial charge in [0.1, 0.15) is 6.04 Å². The van der Waals surface area contributed by atoms with Crippen molar-refractivity contribution in [3.8, 4) is 11.5 Å². The number of carbonyl (C=O) groups excluding carboxylic acids is 2. The molecule has 2 amide bonds. The van der Waals surface area contributed by atoms with Crippen LogP contribution in [0.15, 0.2) is 33.9 Å². The summed E-state index contributed by atoms with van der Waals surface area (Å²) >= 11 is 0. The molecule has 0 unspecified atom stereocenters. The molecule has 0 fully saturated rings. The number of hydrogen-bond acceptors (Lipinski definition) is 6. The zero-order valence-corrected chi connectivity index (χ0v) is 18.4. The minimum Gasteiger partial charge on any atom is -0.493 e. The highest BCUT2D eigenvalue weighted by molar-refractivity contribution is 5.87. The van der Waals surface area contributed by atoms with Gasteiger partial charge in [-0.1, -0.05) is 6.07 Å². The van der Waals surface area contributed by atoms with Crippen LogP contribution < -0.4 is 31.4 Å². The lowest BCUT2D eigenvalue weighted by atomic mass is 10.1. The van der Waals surface area contributed by atoms with Crippen molar-refractivity contribution in [3.63, 3.8) is 0 Å². The topological polar surface area (TPSA) is 121 Å². The van der Waals surface area contributed by atoms with Gasteiger partial charge in [0.05, 0.1) is 20.8 Å². The van der Waals surface area contributed by atoms with Crippen LogP contribution in [0.4, 0.5) is 0 Å². The van der Waals surface area contributed by atoms with Crippen molar-refractivity contribution in [1.82, 2.24) is 19.8 Å². The molecule has 0 aliphatic rings. The molecule has 10 nitrogen and oxygen atoms in total. The molecule has 2 rings (SSSR count).